The van der Waals surface area contributed by atoms with Gasteiger partial charge in [-0.1, -0.05) is 59.6 Å². The zero-order chi connectivity index (χ0) is 30.0. The first-order chi connectivity index (χ1) is 20.2. The van der Waals surface area contributed by atoms with Crippen LogP contribution in [0, 0.1) is 0 Å². The van der Waals surface area contributed by atoms with Gasteiger partial charge >= 0.3 is 0 Å². The molecule has 2 aromatic carbocycles. The summed E-state index contributed by atoms with van der Waals surface area (Å²) in [6.07, 6.45) is 1.68. The molecule has 3 heterocycles. The van der Waals surface area contributed by atoms with Crippen LogP contribution < -0.4 is 15.4 Å². The first-order valence-corrected chi connectivity index (χ1v) is 14.3. The number of hydrogen-bond donors (Lipinski definition) is 2. The topological polar surface area (TPSA) is 101 Å². The average Bonchev–Trinajstić information content (AvgIpc) is 3.32. The van der Waals surface area contributed by atoms with Gasteiger partial charge in [-0.2, -0.15) is 0 Å². The largest absolute Gasteiger partial charge is 0.481 e. The second-order valence-corrected chi connectivity index (χ2v) is 11.1. The normalized spacial score (nSPS) is 13.9. The first kappa shape index (κ1) is 29.7. The Hall–Kier alpha value is -3.76. The molecular formula is C31H32Cl2N6O3. The molecule has 0 saturated heterocycles. The van der Waals surface area contributed by atoms with Gasteiger partial charge in [-0.25, -0.2) is 9.97 Å². The van der Waals surface area contributed by atoms with E-state index < -0.39 is 0 Å². The molecule has 4 aromatic rings. The summed E-state index contributed by atoms with van der Waals surface area (Å²) in [4.78, 5) is 35.7. The van der Waals surface area contributed by atoms with Crippen molar-refractivity contribution >= 4 is 41.1 Å². The van der Waals surface area contributed by atoms with Crippen molar-refractivity contribution in [1.82, 2.24) is 24.8 Å². The van der Waals surface area contributed by atoms with Crippen LogP contribution in [-0.2, 0) is 31.4 Å². The standard InChI is InChI=1S/C31H32Cl2N6O3/c1-18(17-40)34-15-19-11-12-23(37-31(19)42-4)22-9-5-7-20(27(22)32)21-8-6-10-24(28(21)33)36-30(41)29-35-25-16-38(2)14-13-26(25)39(29)3/h5-12,17-18,34H,13-16H2,1-4H3,(H,36,41). The van der Waals surface area contributed by atoms with Gasteiger partial charge in [0.25, 0.3) is 5.91 Å². The number of pyridine rings is 1. The number of nitrogens with zero attached hydrogens (tertiary/aromatic N) is 4. The van der Waals surface area contributed by atoms with Crippen molar-refractivity contribution in [3.8, 4) is 28.3 Å². The lowest BCUT2D eigenvalue weighted by molar-refractivity contribution is -0.109. The van der Waals surface area contributed by atoms with Crippen molar-refractivity contribution in [2.75, 3.05) is 26.0 Å². The molecule has 2 N–H and O–H groups in total. The third-order valence-electron chi connectivity index (χ3n) is 7.41. The Morgan fingerprint density at radius 2 is 1.76 bits per heavy atom. The number of imidazole rings is 1. The summed E-state index contributed by atoms with van der Waals surface area (Å²) in [5.41, 5.74) is 5.94. The summed E-state index contributed by atoms with van der Waals surface area (Å²) < 4.78 is 7.39. The summed E-state index contributed by atoms with van der Waals surface area (Å²) in [5, 5.41) is 6.87. The second-order valence-electron chi connectivity index (χ2n) is 10.3. The highest BCUT2D eigenvalue weighted by molar-refractivity contribution is 6.39. The van der Waals surface area contributed by atoms with Crippen molar-refractivity contribution in [1.29, 1.82) is 0 Å². The molecule has 0 fully saturated rings. The molecule has 1 atom stereocenters. The van der Waals surface area contributed by atoms with E-state index in [2.05, 4.69) is 25.5 Å². The monoisotopic (exact) mass is 606 g/mol. The number of aromatic nitrogens is 3. The van der Waals surface area contributed by atoms with Crippen LogP contribution in [0.25, 0.3) is 22.4 Å². The minimum Gasteiger partial charge on any atom is -0.481 e. The number of methoxy groups -OCH3 is 1. The van der Waals surface area contributed by atoms with Gasteiger partial charge in [-0.05, 0) is 26.1 Å². The van der Waals surface area contributed by atoms with E-state index in [1.807, 2.05) is 61.1 Å². The van der Waals surface area contributed by atoms with Crippen molar-refractivity contribution < 1.29 is 14.3 Å². The molecule has 218 valence electrons. The van der Waals surface area contributed by atoms with Crippen molar-refractivity contribution in [2.24, 2.45) is 7.05 Å². The predicted octanol–water partition coefficient (Wildman–Crippen LogP) is 5.38. The molecule has 9 nitrogen and oxygen atoms in total. The smallest absolute Gasteiger partial charge is 0.291 e. The molecule has 42 heavy (non-hydrogen) atoms. The number of nitrogens with one attached hydrogen (secondary N) is 2. The van der Waals surface area contributed by atoms with Gasteiger partial charge in [0.15, 0.2) is 5.82 Å². The van der Waals surface area contributed by atoms with E-state index in [0.717, 1.165) is 36.2 Å². The minimum atomic E-state index is -0.332. The Morgan fingerprint density at radius 1 is 1.05 bits per heavy atom. The highest BCUT2D eigenvalue weighted by atomic mass is 35.5. The van der Waals surface area contributed by atoms with Crippen LogP contribution in [0.4, 0.5) is 5.69 Å². The van der Waals surface area contributed by atoms with Gasteiger partial charge in [0.1, 0.15) is 6.29 Å². The van der Waals surface area contributed by atoms with Crippen LogP contribution in [0.5, 0.6) is 5.88 Å². The van der Waals surface area contributed by atoms with Crippen LogP contribution in [0.1, 0.15) is 34.5 Å². The third kappa shape index (κ3) is 5.91. The van der Waals surface area contributed by atoms with E-state index in [4.69, 9.17) is 27.9 Å². The number of benzene rings is 2. The molecular weight excluding hydrogens is 575 g/mol. The Balaban J connectivity index is 1.43. The first-order valence-electron chi connectivity index (χ1n) is 13.6. The van der Waals surface area contributed by atoms with Gasteiger partial charge in [0.05, 0.1) is 40.3 Å². The van der Waals surface area contributed by atoms with Gasteiger partial charge in [-0.3, -0.25) is 4.79 Å². The molecule has 1 aliphatic rings. The predicted molar refractivity (Wildman–Crippen MR) is 165 cm³/mol. The third-order valence-corrected chi connectivity index (χ3v) is 8.23. The van der Waals surface area contributed by atoms with E-state index in [1.165, 1.54) is 0 Å². The number of hydrogen-bond acceptors (Lipinski definition) is 7. The Labute approximate surface area is 254 Å². The van der Waals surface area contributed by atoms with Crippen LogP contribution in [0.2, 0.25) is 10.0 Å². The zero-order valence-electron chi connectivity index (χ0n) is 23.9. The van der Waals surface area contributed by atoms with E-state index in [9.17, 15) is 9.59 Å². The summed E-state index contributed by atoms with van der Waals surface area (Å²) in [7, 11) is 5.46. The van der Waals surface area contributed by atoms with E-state index in [-0.39, 0.29) is 11.9 Å². The molecule has 11 heteroatoms. The van der Waals surface area contributed by atoms with Gasteiger partial charge in [-0.15, -0.1) is 0 Å². The number of amides is 1. The number of carbonyl (C=O) groups excluding carboxylic acids is 2. The SMILES string of the molecule is COc1nc(-c2cccc(-c3cccc(NC(=O)c4nc5c(n4C)CCN(C)C5)c3Cl)c2Cl)ccc1CNC(C)C=O. The number of halogens is 2. The number of ether oxygens (including phenoxy) is 1. The summed E-state index contributed by atoms with van der Waals surface area (Å²) >= 11 is 13.8. The summed E-state index contributed by atoms with van der Waals surface area (Å²) in [6.45, 7) is 3.84. The number of carbonyl (C=O) groups is 2. The zero-order valence-corrected chi connectivity index (χ0v) is 25.4. The van der Waals surface area contributed by atoms with Gasteiger partial charge in [0.2, 0.25) is 5.88 Å². The molecule has 5 rings (SSSR count). The lowest BCUT2D eigenvalue weighted by Crippen LogP contribution is -2.27. The fourth-order valence-electron chi connectivity index (χ4n) is 5.06. The Morgan fingerprint density at radius 3 is 2.50 bits per heavy atom. The van der Waals surface area contributed by atoms with Crippen molar-refractivity contribution in [3.05, 3.63) is 81.4 Å². The van der Waals surface area contributed by atoms with Crippen LogP contribution in [0.3, 0.4) is 0 Å². The Bertz CT molecular complexity index is 1650. The number of rotatable bonds is 9. The highest BCUT2D eigenvalue weighted by Gasteiger charge is 2.25. The molecule has 0 saturated carbocycles. The summed E-state index contributed by atoms with van der Waals surface area (Å²) in [6, 6.07) is 14.5. The number of fused-ring (bicyclic) bond motifs is 1. The lowest BCUT2D eigenvalue weighted by atomic mass is 10.00. The fraction of sp³-hybridized carbons (Fsp3) is 0.290. The van der Waals surface area contributed by atoms with Gasteiger partial charge < -0.3 is 29.6 Å². The molecule has 0 spiro atoms. The molecule has 0 radical (unpaired) electrons. The fourth-order valence-corrected chi connectivity index (χ4v) is 5.66. The van der Waals surface area contributed by atoms with Crippen LogP contribution >= 0.6 is 23.2 Å². The maximum Gasteiger partial charge on any atom is 0.291 e. The maximum absolute atomic E-state index is 13.3. The molecule has 1 amide bonds. The van der Waals surface area contributed by atoms with E-state index in [1.54, 1.807) is 20.1 Å². The van der Waals surface area contributed by atoms with Gasteiger partial charge in [0, 0.05) is 61.1 Å². The second kappa shape index (κ2) is 12.6. The minimum absolute atomic E-state index is 0.290. The molecule has 1 aliphatic heterocycles. The van der Waals surface area contributed by atoms with Crippen molar-refractivity contribution in [3.63, 3.8) is 0 Å². The van der Waals surface area contributed by atoms with E-state index in [0.29, 0.717) is 62.9 Å². The Kier molecular flexibility index (Phi) is 8.93. The molecule has 2 aromatic heterocycles. The number of anilines is 1. The molecule has 0 aliphatic carbocycles. The average molecular weight is 608 g/mol. The lowest BCUT2D eigenvalue weighted by Gasteiger charge is -2.21. The summed E-state index contributed by atoms with van der Waals surface area (Å²) in [5.74, 6) is 0.447. The van der Waals surface area contributed by atoms with Crippen LogP contribution in [-0.4, -0.2) is 58.4 Å². The van der Waals surface area contributed by atoms with Crippen molar-refractivity contribution in [2.45, 2.75) is 32.5 Å². The quantitative estimate of drug-likeness (QED) is 0.247. The van der Waals surface area contributed by atoms with Crippen LogP contribution in [0.15, 0.2) is 48.5 Å². The van der Waals surface area contributed by atoms with E-state index >= 15 is 0 Å². The molecule has 0 bridgehead atoms. The highest BCUT2D eigenvalue weighted by Crippen LogP contribution is 2.41. The number of likely N-dealkylation sites (N-methyl/N-ethyl adjacent to an activating group) is 1. The molecule has 1 unspecified atom stereocenters. The maximum atomic E-state index is 13.3. The number of aldehydes is 1.